The molecular formula is C24H24ClN3O3. The zero-order chi connectivity index (χ0) is 22.1. The zero-order valence-electron chi connectivity index (χ0n) is 17.2. The molecule has 6 nitrogen and oxygen atoms in total. The minimum atomic E-state index is -0.695. The standard InChI is InChI=1S/C24H24ClN3O3/c1-18(24(30)27-15-20-10-7-13-26-14-20)28(16-19-8-3-2-4-9-19)23(29)17-31-22-12-6-5-11-21(22)25/h2-14,18H,15-17H2,1H3,(H,27,30)/t18-/m1/s1. The quantitative estimate of drug-likeness (QED) is 0.552. The topological polar surface area (TPSA) is 71.5 Å². The van der Waals surface area contributed by atoms with Crippen LogP contribution in [-0.2, 0) is 22.7 Å². The number of rotatable bonds is 9. The fraction of sp³-hybridized carbons (Fsp3) is 0.208. The Balaban J connectivity index is 1.69. The molecule has 1 heterocycles. The van der Waals surface area contributed by atoms with Crippen LogP contribution in [0, 0.1) is 0 Å². The molecule has 0 saturated heterocycles. The van der Waals surface area contributed by atoms with E-state index in [9.17, 15) is 9.59 Å². The Hall–Kier alpha value is -3.38. The van der Waals surface area contributed by atoms with E-state index in [2.05, 4.69) is 10.3 Å². The normalized spacial score (nSPS) is 11.4. The summed E-state index contributed by atoms with van der Waals surface area (Å²) in [5, 5.41) is 3.29. The van der Waals surface area contributed by atoms with E-state index in [0.717, 1.165) is 11.1 Å². The molecule has 2 amide bonds. The van der Waals surface area contributed by atoms with Crippen LogP contribution in [0.5, 0.6) is 5.75 Å². The number of para-hydroxylation sites is 1. The summed E-state index contributed by atoms with van der Waals surface area (Å²) in [5.74, 6) is -0.149. The molecule has 0 aliphatic heterocycles. The van der Waals surface area contributed by atoms with E-state index in [1.165, 1.54) is 4.90 Å². The Bertz CT molecular complexity index is 999. The highest BCUT2D eigenvalue weighted by atomic mass is 35.5. The third kappa shape index (κ3) is 6.55. The van der Waals surface area contributed by atoms with Crippen LogP contribution in [0.4, 0.5) is 0 Å². The van der Waals surface area contributed by atoms with Crippen LogP contribution in [0.2, 0.25) is 5.02 Å². The van der Waals surface area contributed by atoms with Crippen LogP contribution in [0.25, 0.3) is 0 Å². The number of amides is 2. The van der Waals surface area contributed by atoms with Gasteiger partial charge in [0.2, 0.25) is 5.91 Å². The number of nitrogens with zero attached hydrogens (tertiary/aromatic N) is 2. The highest BCUT2D eigenvalue weighted by Crippen LogP contribution is 2.23. The summed E-state index contributed by atoms with van der Waals surface area (Å²) in [6, 6.07) is 19.5. The summed E-state index contributed by atoms with van der Waals surface area (Å²) >= 11 is 6.11. The van der Waals surface area contributed by atoms with Crippen molar-refractivity contribution in [3.05, 3.63) is 95.3 Å². The predicted octanol–water partition coefficient (Wildman–Crippen LogP) is 3.85. The molecule has 0 aliphatic rings. The van der Waals surface area contributed by atoms with E-state index in [1.54, 1.807) is 43.6 Å². The molecule has 0 unspecified atom stereocenters. The fourth-order valence-corrected chi connectivity index (χ4v) is 3.18. The van der Waals surface area contributed by atoms with Crippen molar-refractivity contribution in [2.75, 3.05) is 6.61 Å². The molecule has 0 spiro atoms. The minimum Gasteiger partial charge on any atom is -0.482 e. The lowest BCUT2D eigenvalue weighted by Crippen LogP contribution is -2.48. The molecule has 0 saturated carbocycles. The Labute approximate surface area is 186 Å². The molecule has 1 aromatic heterocycles. The fourth-order valence-electron chi connectivity index (χ4n) is 2.99. The van der Waals surface area contributed by atoms with Crippen LogP contribution in [0.1, 0.15) is 18.1 Å². The predicted molar refractivity (Wildman–Crippen MR) is 119 cm³/mol. The van der Waals surface area contributed by atoms with Gasteiger partial charge in [-0.15, -0.1) is 0 Å². The number of pyridine rings is 1. The number of carbonyl (C=O) groups is 2. The number of halogens is 1. The largest absolute Gasteiger partial charge is 0.482 e. The van der Waals surface area contributed by atoms with Gasteiger partial charge in [0.05, 0.1) is 5.02 Å². The van der Waals surface area contributed by atoms with Crippen molar-refractivity contribution in [2.24, 2.45) is 0 Å². The highest BCUT2D eigenvalue weighted by molar-refractivity contribution is 6.32. The van der Waals surface area contributed by atoms with E-state index in [-0.39, 0.29) is 25.0 Å². The molecule has 7 heteroatoms. The molecule has 0 radical (unpaired) electrons. The zero-order valence-corrected chi connectivity index (χ0v) is 18.0. The number of benzene rings is 2. The lowest BCUT2D eigenvalue weighted by atomic mass is 10.1. The molecule has 31 heavy (non-hydrogen) atoms. The molecule has 0 aliphatic carbocycles. The smallest absolute Gasteiger partial charge is 0.261 e. The minimum absolute atomic E-state index is 0.225. The summed E-state index contributed by atoms with van der Waals surface area (Å²) < 4.78 is 5.61. The van der Waals surface area contributed by atoms with Crippen molar-refractivity contribution in [3.8, 4) is 5.75 Å². The van der Waals surface area contributed by atoms with E-state index in [0.29, 0.717) is 17.3 Å². The number of carbonyl (C=O) groups excluding carboxylic acids is 2. The molecule has 1 N–H and O–H groups in total. The third-order valence-corrected chi connectivity index (χ3v) is 5.05. The first-order valence-corrected chi connectivity index (χ1v) is 10.3. The van der Waals surface area contributed by atoms with Crippen LogP contribution in [0.15, 0.2) is 79.1 Å². The number of ether oxygens (including phenoxy) is 1. The monoisotopic (exact) mass is 437 g/mol. The van der Waals surface area contributed by atoms with Crippen molar-refractivity contribution in [2.45, 2.75) is 26.1 Å². The molecule has 3 aromatic rings. The first kappa shape index (κ1) is 22.3. The molecular weight excluding hydrogens is 414 g/mol. The second-order valence-electron chi connectivity index (χ2n) is 6.98. The summed E-state index contributed by atoms with van der Waals surface area (Å²) in [5.41, 5.74) is 1.80. The average molecular weight is 438 g/mol. The third-order valence-electron chi connectivity index (χ3n) is 4.74. The van der Waals surface area contributed by atoms with Gasteiger partial charge >= 0.3 is 0 Å². The maximum Gasteiger partial charge on any atom is 0.261 e. The first-order valence-electron chi connectivity index (χ1n) is 9.92. The second-order valence-corrected chi connectivity index (χ2v) is 7.39. The Morgan fingerprint density at radius 1 is 1.03 bits per heavy atom. The van der Waals surface area contributed by atoms with Gasteiger partial charge in [-0.2, -0.15) is 0 Å². The van der Waals surface area contributed by atoms with Gasteiger partial charge in [-0.3, -0.25) is 14.6 Å². The molecule has 1 atom stereocenters. The van der Waals surface area contributed by atoms with Gasteiger partial charge in [0, 0.05) is 25.5 Å². The molecule has 0 bridgehead atoms. The lowest BCUT2D eigenvalue weighted by molar-refractivity contribution is -0.142. The van der Waals surface area contributed by atoms with E-state index in [4.69, 9.17) is 16.3 Å². The van der Waals surface area contributed by atoms with E-state index in [1.807, 2.05) is 42.5 Å². The van der Waals surface area contributed by atoms with Crippen LogP contribution in [-0.4, -0.2) is 34.3 Å². The summed E-state index contributed by atoms with van der Waals surface area (Å²) in [4.78, 5) is 31.4. The SMILES string of the molecule is C[C@H](C(=O)NCc1cccnc1)N(Cc1ccccc1)C(=O)COc1ccccc1Cl. The molecule has 2 aromatic carbocycles. The van der Waals surface area contributed by atoms with Gasteiger partial charge in [0.1, 0.15) is 11.8 Å². The van der Waals surface area contributed by atoms with Crippen LogP contribution >= 0.6 is 11.6 Å². The van der Waals surface area contributed by atoms with Crippen molar-refractivity contribution in [3.63, 3.8) is 0 Å². The summed E-state index contributed by atoms with van der Waals surface area (Å²) in [6.45, 7) is 2.10. The van der Waals surface area contributed by atoms with Crippen LogP contribution < -0.4 is 10.1 Å². The number of hydrogen-bond acceptors (Lipinski definition) is 4. The van der Waals surface area contributed by atoms with Gasteiger partial charge in [0.25, 0.3) is 5.91 Å². The first-order chi connectivity index (χ1) is 15.0. The maximum atomic E-state index is 13.0. The Morgan fingerprint density at radius 2 is 1.74 bits per heavy atom. The van der Waals surface area contributed by atoms with Crippen LogP contribution in [0.3, 0.4) is 0 Å². The van der Waals surface area contributed by atoms with Gasteiger partial charge in [-0.25, -0.2) is 0 Å². The Morgan fingerprint density at radius 3 is 2.45 bits per heavy atom. The van der Waals surface area contributed by atoms with Crippen molar-refractivity contribution >= 4 is 23.4 Å². The van der Waals surface area contributed by atoms with Crippen molar-refractivity contribution < 1.29 is 14.3 Å². The molecule has 0 fully saturated rings. The molecule has 3 rings (SSSR count). The van der Waals surface area contributed by atoms with Gasteiger partial charge in [-0.1, -0.05) is 60.1 Å². The summed E-state index contributed by atoms with van der Waals surface area (Å²) in [7, 11) is 0. The number of nitrogens with one attached hydrogen (secondary N) is 1. The maximum absolute atomic E-state index is 13.0. The molecule has 160 valence electrons. The highest BCUT2D eigenvalue weighted by Gasteiger charge is 2.26. The number of hydrogen-bond donors (Lipinski definition) is 1. The lowest BCUT2D eigenvalue weighted by Gasteiger charge is -2.28. The Kier molecular flexibility index (Phi) is 8.01. The van der Waals surface area contributed by atoms with Crippen molar-refractivity contribution in [1.29, 1.82) is 0 Å². The van der Waals surface area contributed by atoms with Gasteiger partial charge in [0.15, 0.2) is 6.61 Å². The summed E-state index contributed by atoms with van der Waals surface area (Å²) in [6.07, 6.45) is 3.36. The van der Waals surface area contributed by atoms with Gasteiger partial charge in [-0.05, 0) is 36.2 Å². The number of aromatic nitrogens is 1. The van der Waals surface area contributed by atoms with E-state index >= 15 is 0 Å². The average Bonchev–Trinajstić information content (AvgIpc) is 2.81. The van der Waals surface area contributed by atoms with E-state index < -0.39 is 6.04 Å². The second kappa shape index (κ2) is 11.1. The van der Waals surface area contributed by atoms with Gasteiger partial charge < -0.3 is 15.0 Å². The van der Waals surface area contributed by atoms with Crippen molar-refractivity contribution in [1.82, 2.24) is 15.2 Å².